The Balaban J connectivity index is 1.75. The van der Waals surface area contributed by atoms with Crippen molar-refractivity contribution in [2.45, 2.75) is 32.7 Å². The number of furan rings is 1. The maximum Gasteiger partial charge on any atom is 0.427 e. The van der Waals surface area contributed by atoms with Crippen molar-refractivity contribution in [2.75, 3.05) is 5.32 Å². The first-order valence-electron chi connectivity index (χ1n) is 7.19. The number of fused-ring (bicyclic) bond motifs is 1. The molecule has 2 aromatic heterocycles. The molecule has 0 fully saturated rings. The summed E-state index contributed by atoms with van der Waals surface area (Å²) in [6, 6.07) is 3.88. The van der Waals surface area contributed by atoms with Crippen molar-refractivity contribution in [3.63, 3.8) is 0 Å². The van der Waals surface area contributed by atoms with Gasteiger partial charge in [0, 0.05) is 17.4 Å². The van der Waals surface area contributed by atoms with E-state index in [1.807, 2.05) is 26.0 Å². The summed E-state index contributed by atoms with van der Waals surface area (Å²) in [6.45, 7) is 3.93. The summed E-state index contributed by atoms with van der Waals surface area (Å²) >= 11 is 0.458. The molecule has 0 aliphatic rings. The van der Waals surface area contributed by atoms with Crippen LogP contribution < -0.4 is 5.32 Å². The van der Waals surface area contributed by atoms with Gasteiger partial charge in [-0.1, -0.05) is 23.5 Å². The van der Waals surface area contributed by atoms with Gasteiger partial charge >= 0.3 is 6.18 Å². The van der Waals surface area contributed by atoms with E-state index in [4.69, 9.17) is 4.42 Å². The summed E-state index contributed by atoms with van der Waals surface area (Å²) in [5.74, 6) is 0. The third-order valence-corrected chi connectivity index (χ3v) is 4.80. The van der Waals surface area contributed by atoms with Gasteiger partial charge in [-0.05, 0) is 25.0 Å². The standard InChI is InChI=1S/C16H15F3N2O2S/c1-8-3-4-11-10(7-23-14(11)9(8)2)5-13(22)21-15-20-6-12(24-15)16(17,18)19/h3-4,6-7,13,22H,5H2,1-2H3,(H,20,21). The van der Waals surface area contributed by atoms with Crippen LogP contribution in [-0.4, -0.2) is 16.3 Å². The van der Waals surface area contributed by atoms with Gasteiger partial charge in [0.25, 0.3) is 0 Å². The van der Waals surface area contributed by atoms with Gasteiger partial charge in [-0.2, -0.15) is 13.2 Å². The molecule has 2 N–H and O–H groups in total. The van der Waals surface area contributed by atoms with Crippen molar-refractivity contribution in [1.29, 1.82) is 0 Å². The summed E-state index contributed by atoms with van der Waals surface area (Å²) in [5.41, 5.74) is 3.66. The second kappa shape index (κ2) is 6.10. The second-order valence-electron chi connectivity index (χ2n) is 5.54. The van der Waals surface area contributed by atoms with Crippen molar-refractivity contribution in [3.8, 4) is 0 Å². The van der Waals surface area contributed by atoms with E-state index in [0.717, 1.165) is 33.9 Å². The van der Waals surface area contributed by atoms with E-state index < -0.39 is 17.3 Å². The van der Waals surface area contributed by atoms with E-state index in [1.165, 1.54) is 0 Å². The number of aliphatic hydroxyl groups is 1. The minimum atomic E-state index is -4.43. The Morgan fingerprint density at radius 3 is 2.75 bits per heavy atom. The van der Waals surface area contributed by atoms with E-state index in [1.54, 1.807) is 6.26 Å². The predicted molar refractivity (Wildman–Crippen MR) is 86.1 cm³/mol. The lowest BCUT2D eigenvalue weighted by molar-refractivity contribution is -0.134. The number of nitrogens with one attached hydrogen (secondary N) is 1. The lowest BCUT2D eigenvalue weighted by Crippen LogP contribution is -2.21. The summed E-state index contributed by atoms with van der Waals surface area (Å²) in [6.07, 6.45) is -3.00. The van der Waals surface area contributed by atoms with Crippen LogP contribution in [0.25, 0.3) is 11.0 Å². The van der Waals surface area contributed by atoms with Gasteiger partial charge in [0.2, 0.25) is 0 Å². The van der Waals surface area contributed by atoms with Gasteiger partial charge in [-0.15, -0.1) is 0 Å². The van der Waals surface area contributed by atoms with Crippen LogP contribution in [0.5, 0.6) is 0 Å². The van der Waals surface area contributed by atoms with Gasteiger partial charge < -0.3 is 14.8 Å². The zero-order chi connectivity index (χ0) is 17.5. The summed E-state index contributed by atoms with van der Waals surface area (Å²) in [7, 11) is 0. The number of nitrogens with zero attached hydrogens (tertiary/aromatic N) is 1. The third kappa shape index (κ3) is 3.25. The Labute approximate surface area is 139 Å². The Hall–Kier alpha value is -2.06. The maximum atomic E-state index is 12.6. The molecule has 0 aliphatic carbocycles. The molecule has 2 heterocycles. The van der Waals surface area contributed by atoms with Crippen molar-refractivity contribution >= 4 is 27.4 Å². The van der Waals surface area contributed by atoms with Crippen molar-refractivity contribution in [1.82, 2.24) is 4.98 Å². The van der Waals surface area contributed by atoms with E-state index in [-0.39, 0.29) is 11.6 Å². The molecule has 1 aromatic carbocycles. The number of halogens is 3. The minimum absolute atomic E-state index is 0.0228. The number of benzene rings is 1. The predicted octanol–water partition coefficient (Wildman–Crippen LogP) is 4.50. The average molecular weight is 356 g/mol. The van der Waals surface area contributed by atoms with Gasteiger partial charge in [0.05, 0.1) is 12.5 Å². The topological polar surface area (TPSA) is 58.3 Å². The maximum absolute atomic E-state index is 12.6. The molecule has 0 aliphatic heterocycles. The highest BCUT2D eigenvalue weighted by molar-refractivity contribution is 7.15. The summed E-state index contributed by atoms with van der Waals surface area (Å²) in [5, 5.41) is 13.6. The molecule has 24 heavy (non-hydrogen) atoms. The van der Waals surface area contributed by atoms with Crippen LogP contribution in [0.2, 0.25) is 0 Å². The molecule has 3 rings (SSSR count). The van der Waals surface area contributed by atoms with Gasteiger partial charge in [-0.3, -0.25) is 0 Å². The highest BCUT2D eigenvalue weighted by atomic mass is 32.1. The van der Waals surface area contributed by atoms with Gasteiger partial charge in [-0.25, -0.2) is 4.98 Å². The first-order chi connectivity index (χ1) is 11.3. The van der Waals surface area contributed by atoms with Crippen LogP contribution in [0.1, 0.15) is 21.6 Å². The van der Waals surface area contributed by atoms with Crippen LogP contribution in [0.3, 0.4) is 0 Å². The third-order valence-electron chi connectivity index (χ3n) is 3.83. The quantitative estimate of drug-likeness (QED) is 0.676. The molecular formula is C16H15F3N2O2S. The molecular weight excluding hydrogens is 341 g/mol. The SMILES string of the molecule is Cc1ccc2c(CC(O)Nc3ncc(C(F)(F)F)s3)coc2c1C. The molecule has 8 heteroatoms. The zero-order valence-electron chi connectivity index (χ0n) is 12.9. The molecule has 0 radical (unpaired) electrons. The van der Waals surface area contributed by atoms with E-state index in [0.29, 0.717) is 11.3 Å². The smallest absolute Gasteiger partial charge is 0.427 e. The number of alkyl halides is 3. The molecule has 0 amide bonds. The van der Waals surface area contributed by atoms with Crippen molar-refractivity contribution < 1.29 is 22.7 Å². The zero-order valence-corrected chi connectivity index (χ0v) is 13.8. The van der Waals surface area contributed by atoms with Crippen molar-refractivity contribution in [3.05, 3.63) is 46.2 Å². The number of aryl methyl sites for hydroxylation is 2. The monoisotopic (exact) mass is 356 g/mol. The highest BCUT2D eigenvalue weighted by Crippen LogP contribution is 2.35. The second-order valence-corrected chi connectivity index (χ2v) is 6.57. The fourth-order valence-corrected chi connectivity index (χ4v) is 3.15. The van der Waals surface area contributed by atoms with Gasteiger partial charge in [0.1, 0.15) is 16.7 Å². The Kier molecular flexibility index (Phi) is 4.27. The average Bonchev–Trinajstić information content (AvgIpc) is 3.10. The van der Waals surface area contributed by atoms with Crippen LogP contribution in [-0.2, 0) is 12.6 Å². The summed E-state index contributed by atoms with van der Waals surface area (Å²) < 4.78 is 43.2. The van der Waals surface area contributed by atoms with Crippen LogP contribution in [0.4, 0.5) is 18.3 Å². The lowest BCUT2D eigenvalue weighted by Gasteiger charge is -2.11. The lowest BCUT2D eigenvalue weighted by atomic mass is 10.0. The van der Waals surface area contributed by atoms with Gasteiger partial charge in [0.15, 0.2) is 5.13 Å². The molecule has 0 saturated carbocycles. The largest absolute Gasteiger partial charge is 0.464 e. The molecule has 0 saturated heterocycles. The van der Waals surface area contributed by atoms with E-state index in [9.17, 15) is 18.3 Å². The number of anilines is 1. The summed E-state index contributed by atoms with van der Waals surface area (Å²) in [4.78, 5) is 2.84. The first kappa shape index (κ1) is 16.8. The Morgan fingerprint density at radius 1 is 1.33 bits per heavy atom. The number of aliphatic hydroxyl groups excluding tert-OH is 1. The van der Waals surface area contributed by atoms with Crippen molar-refractivity contribution in [2.24, 2.45) is 0 Å². The number of hydrogen-bond donors (Lipinski definition) is 2. The van der Waals surface area contributed by atoms with Crippen LogP contribution >= 0.6 is 11.3 Å². The number of rotatable bonds is 4. The molecule has 3 aromatic rings. The Morgan fingerprint density at radius 2 is 2.08 bits per heavy atom. The molecule has 1 atom stereocenters. The fraction of sp³-hybridized carbons (Fsp3) is 0.312. The first-order valence-corrected chi connectivity index (χ1v) is 8.01. The molecule has 1 unspecified atom stereocenters. The fourth-order valence-electron chi connectivity index (χ4n) is 2.42. The van der Waals surface area contributed by atoms with Crippen LogP contribution in [0.15, 0.2) is 29.0 Å². The molecule has 0 bridgehead atoms. The molecule has 128 valence electrons. The van der Waals surface area contributed by atoms with E-state index >= 15 is 0 Å². The highest BCUT2D eigenvalue weighted by Gasteiger charge is 2.33. The number of thiazole rings is 1. The number of hydrogen-bond acceptors (Lipinski definition) is 5. The normalized spacial score (nSPS) is 13.4. The Bertz CT molecular complexity index is 870. The van der Waals surface area contributed by atoms with E-state index in [2.05, 4.69) is 10.3 Å². The van der Waals surface area contributed by atoms with Crippen LogP contribution in [0, 0.1) is 13.8 Å². The molecule has 4 nitrogen and oxygen atoms in total. The number of aromatic nitrogens is 1. The molecule has 0 spiro atoms. The minimum Gasteiger partial charge on any atom is -0.464 e.